The van der Waals surface area contributed by atoms with E-state index >= 15 is 0 Å². The van der Waals surface area contributed by atoms with E-state index in [1.165, 1.54) is 6.20 Å². The maximum Gasteiger partial charge on any atom is 0.308 e. The number of fused-ring (bicyclic) bond motifs is 3. The van der Waals surface area contributed by atoms with Crippen molar-refractivity contribution in [2.75, 3.05) is 32.1 Å². The summed E-state index contributed by atoms with van der Waals surface area (Å²) >= 11 is 6.23. The topological polar surface area (TPSA) is 95.5 Å². The van der Waals surface area contributed by atoms with Crippen LogP contribution in [0.25, 0.3) is 33.1 Å². The van der Waals surface area contributed by atoms with E-state index in [2.05, 4.69) is 9.97 Å². The number of aromatic amines is 1. The number of likely N-dealkylation sites (N-methyl/N-ethyl adjacent to an activating group) is 1. The van der Waals surface area contributed by atoms with Crippen molar-refractivity contribution in [2.24, 2.45) is 0 Å². The molecule has 0 atom stereocenters. The van der Waals surface area contributed by atoms with Crippen molar-refractivity contribution in [3.63, 3.8) is 0 Å². The van der Waals surface area contributed by atoms with Crippen molar-refractivity contribution in [1.29, 1.82) is 0 Å². The molecule has 0 radical (unpaired) electrons. The number of aliphatic hydroxyl groups excluding tert-OH is 1. The van der Waals surface area contributed by atoms with Gasteiger partial charge < -0.3 is 14.8 Å². The molecule has 0 amide bonds. The van der Waals surface area contributed by atoms with E-state index in [1.54, 1.807) is 50.2 Å². The van der Waals surface area contributed by atoms with Crippen LogP contribution in [0.2, 0.25) is 5.02 Å². The molecule has 0 aliphatic heterocycles. The Hall–Kier alpha value is -2.79. The average molecular weight is 552 g/mol. The van der Waals surface area contributed by atoms with E-state index in [4.69, 9.17) is 21.4 Å². The molecule has 0 bridgehead atoms. The number of aromatic nitrogens is 2. The molecule has 0 saturated carbocycles. The molecule has 4 rings (SSSR count). The Morgan fingerprint density at radius 3 is 2.68 bits per heavy atom. The van der Waals surface area contributed by atoms with Gasteiger partial charge in [-0.2, -0.15) is 8.78 Å². The SMILES string of the molecule is CCN(CCO)C(F)(F)CCOc1ccc(-c2cccc(S(=O)(=O)CC)c2)c2c1[nH]c1ncc(Cl)cc12. The van der Waals surface area contributed by atoms with Gasteiger partial charge in [-0.15, -0.1) is 0 Å². The van der Waals surface area contributed by atoms with Crippen LogP contribution in [0.4, 0.5) is 8.78 Å². The fraction of sp³-hybridized carbons (Fsp3) is 0.346. The molecule has 198 valence electrons. The van der Waals surface area contributed by atoms with Crippen LogP contribution in [0, 0.1) is 0 Å². The molecular formula is C26H28ClF2N3O4S. The van der Waals surface area contributed by atoms with E-state index in [1.807, 2.05) is 6.07 Å². The zero-order chi connectivity index (χ0) is 26.8. The third-order valence-electron chi connectivity index (χ3n) is 6.29. The lowest BCUT2D eigenvalue weighted by Crippen LogP contribution is -2.44. The monoisotopic (exact) mass is 551 g/mol. The van der Waals surface area contributed by atoms with Crippen molar-refractivity contribution in [3.05, 3.63) is 53.7 Å². The third kappa shape index (κ3) is 5.57. The van der Waals surface area contributed by atoms with Gasteiger partial charge in [-0.3, -0.25) is 0 Å². The number of aliphatic hydroxyl groups is 1. The summed E-state index contributed by atoms with van der Waals surface area (Å²) in [5, 5.41) is 10.9. The molecule has 2 N–H and O–H groups in total. The number of alkyl halides is 2. The Bertz CT molecular complexity index is 1530. The Morgan fingerprint density at radius 2 is 1.97 bits per heavy atom. The number of rotatable bonds is 11. The van der Waals surface area contributed by atoms with Crippen LogP contribution in [0.1, 0.15) is 20.3 Å². The molecular weight excluding hydrogens is 524 g/mol. The van der Waals surface area contributed by atoms with E-state index in [0.717, 1.165) is 10.5 Å². The maximum absolute atomic E-state index is 14.6. The molecule has 37 heavy (non-hydrogen) atoms. The predicted molar refractivity (Wildman–Crippen MR) is 141 cm³/mol. The summed E-state index contributed by atoms with van der Waals surface area (Å²) in [6.45, 7) is 2.52. The van der Waals surface area contributed by atoms with Crippen molar-refractivity contribution in [1.82, 2.24) is 14.9 Å². The lowest BCUT2D eigenvalue weighted by atomic mass is 9.99. The largest absolute Gasteiger partial charge is 0.491 e. The number of hydrogen-bond donors (Lipinski definition) is 2. The normalized spacial score (nSPS) is 12.6. The Labute approximate surface area is 218 Å². The summed E-state index contributed by atoms with van der Waals surface area (Å²) in [6, 6.07) is 8.70. The van der Waals surface area contributed by atoms with E-state index in [-0.39, 0.29) is 37.0 Å². The van der Waals surface area contributed by atoms with Crippen LogP contribution in [0.3, 0.4) is 0 Å². The molecule has 11 heteroatoms. The minimum Gasteiger partial charge on any atom is -0.491 e. The summed E-state index contributed by atoms with van der Waals surface area (Å²) in [5.74, 6) is 0.329. The number of halogens is 3. The summed E-state index contributed by atoms with van der Waals surface area (Å²) in [4.78, 5) is 8.66. The number of sulfone groups is 1. The number of H-pyrrole nitrogens is 1. The number of nitrogens with zero attached hydrogens (tertiary/aromatic N) is 2. The Morgan fingerprint density at radius 1 is 1.19 bits per heavy atom. The molecule has 2 heterocycles. The van der Waals surface area contributed by atoms with Gasteiger partial charge in [-0.1, -0.05) is 37.6 Å². The van der Waals surface area contributed by atoms with Gasteiger partial charge in [0.1, 0.15) is 11.4 Å². The fourth-order valence-electron chi connectivity index (χ4n) is 4.34. The van der Waals surface area contributed by atoms with Gasteiger partial charge in [-0.25, -0.2) is 18.3 Å². The second kappa shape index (κ2) is 10.9. The van der Waals surface area contributed by atoms with Crippen LogP contribution in [-0.2, 0) is 9.84 Å². The second-order valence-corrected chi connectivity index (χ2v) is 11.2. The highest BCUT2D eigenvalue weighted by Gasteiger charge is 2.35. The number of nitrogens with one attached hydrogen (secondary N) is 1. The standard InChI is InChI=1S/C26H28ClF2N3O4S/c1-3-32(11-12-33)26(28,29)10-13-36-22-9-8-20(17-6-5-7-19(14-17)37(34,35)4-2)23-21-15-18(27)16-30-25(21)31-24(22)23/h5-9,14-16,33H,3-4,10-13H2,1-2H3,(H,30,31). The second-order valence-electron chi connectivity index (χ2n) is 8.53. The quantitative estimate of drug-likeness (QED) is 0.239. The summed E-state index contributed by atoms with van der Waals surface area (Å²) < 4.78 is 60.0. The summed E-state index contributed by atoms with van der Waals surface area (Å²) in [7, 11) is -3.42. The molecule has 7 nitrogen and oxygen atoms in total. The van der Waals surface area contributed by atoms with Crippen LogP contribution in [0.5, 0.6) is 5.75 Å². The van der Waals surface area contributed by atoms with E-state index < -0.39 is 22.3 Å². The molecule has 0 unspecified atom stereocenters. The van der Waals surface area contributed by atoms with Gasteiger partial charge in [0.2, 0.25) is 0 Å². The zero-order valence-corrected chi connectivity index (χ0v) is 22.0. The smallest absolute Gasteiger partial charge is 0.308 e. The van der Waals surface area contributed by atoms with Gasteiger partial charge >= 0.3 is 6.05 Å². The van der Waals surface area contributed by atoms with Gasteiger partial charge in [0.05, 0.1) is 40.8 Å². The highest BCUT2D eigenvalue weighted by atomic mass is 35.5. The first kappa shape index (κ1) is 27.3. The number of hydrogen-bond acceptors (Lipinski definition) is 6. The summed E-state index contributed by atoms with van der Waals surface area (Å²) in [6.07, 6.45) is 0.931. The molecule has 2 aromatic heterocycles. The first-order chi connectivity index (χ1) is 17.6. The first-order valence-electron chi connectivity index (χ1n) is 11.9. The first-order valence-corrected chi connectivity index (χ1v) is 13.9. The Balaban J connectivity index is 1.77. The van der Waals surface area contributed by atoms with Gasteiger partial charge in [0.15, 0.2) is 9.84 Å². The minimum absolute atomic E-state index is 0.0242. The van der Waals surface area contributed by atoms with Crippen molar-refractivity contribution in [3.8, 4) is 16.9 Å². The van der Waals surface area contributed by atoms with Crippen LogP contribution in [-0.4, -0.2) is 66.5 Å². The number of benzene rings is 2. The molecule has 0 saturated heterocycles. The molecule has 0 aliphatic rings. The molecule has 4 aromatic rings. The van der Waals surface area contributed by atoms with E-state index in [0.29, 0.717) is 38.3 Å². The van der Waals surface area contributed by atoms with Crippen LogP contribution < -0.4 is 4.74 Å². The van der Waals surface area contributed by atoms with Crippen LogP contribution in [0.15, 0.2) is 53.6 Å². The fourth-order valence-corrected chi connectivity index (χ4v) is 5.42. The maximum atomic E-state index is 14.6. The van der Waals surface area contributed by atoms with Gasteiger partial charge in [-0.05, 0) is 41.5 Å². The zero-order valence-electron chi connectivity index (χ0n) is 20.5. The lowest BCUT2D eigenvalue weighted by Gasteiger charge is -2.29. The van der Waals surface area contributed by atoms with Crippen molar-refractivity contribution in [2.45, 2.75) is 31.2 Å². The Kier molecular flexibility index (Phi) is 8.03. The highest BCUT2D eigenvalue weighted by Crippen LogP contribution is 2.40. The molecule has 2 aromatic carbocycles. The van der Waals surface area contributed by atoms with E-state index in [9.17, 15) is 17.2 Å². The third-order valence-corrected chi connectivity index (χ3v) is 8.23. The average Bonchev–Trinajstić information content (AvgIpc) is 3.26. The summed E-state index contributed by atoms with van der Waals surface area (Å²) in [5.41, 5.74) is 2.45. The van der Waals surface area contributed by atoms with Crippen molar-refractivity contribution >= 4 is 43.4 Å². The highest BCUT2D eigenvalue weighted by molar-refractivity contribution is 7.91. The van der Waals surface area contributed by atoms with Crippen LogP contribution >= 0.6 is 11.6 Å². The number of pyridine rings is 1. The van der Waals surface area contributed by atoms with Gasteiger partial charge in [0.25, 0.3) is 0 Å². The molecule has 0 spiro atoms. The lowest BCUT2D eigenvalue weighted by molar-refractivity contribution is -0.157. The number of ether oxygens (including phenoxy) is 1. The predicted octanol–water partition coefficient (Wildman–Crippen LogP) is 5.51. The van der Waals surface area contributed by atoms with Gasteiger partial charge in [0, 0.05) is 30.1 Å². The minimum atomic E-state index is -3.42. The molecule has 0 fully saturated rings. The molecule has 0 aliphatic carbocycles. The van der Waals surface area contributed by atoms with Crippen molar-refractivity contribution < 1.29 is 27.0 Å².